The van der Waals surface area contributed by atoms with Gasteiger partial charge in [-0.25, -0.2) is 23.7 Å². The predicted octanol–water partition coefficient (Wildman–Crippen LogP) is 2.05. The number of nitrogens with two attached hydrogens (primary N) is 1. The number of aryl methyl sites for hydroxylation is 1. The lowest BCUT2D eigenvalue weighted by Crippen LogP contribution is -2.21. The number of halogens is 1. The largest absolute Gasteiger partial charge is 0.496 e. The molecule has 0 fully saturated rings. The topological polar surface area (TPSA) is 123 Å². The van der Waals surface area contributed by atoms with Gasteiger partial charge in [0.05, 0.1) is 32.6 Å². The molecule has 2 heterocycles. The van der Waals surface area contributed by atoms with Crippen molar-refractivity contribution in [3.05, 3.63) is 58.4 Å². The van der Waals surface area contributed by atoms with E-state index in [0.29, 0.717) is 28.5 Å². The first-order valence-corrected chi connectivity index (χ1v) is 9.66. The van der Waals surface area contributed by atoms with Gasteiger partial charge in [0.2, 0.25) is 0 Å². The molecule has 0 bridgehead atoms. The van der Waals surface area contributed by atoms with Gasteiger partial charge < -0.3 is 19.9 Å². The van der Waals surface area contributed by atoms with E-state index >= 15 is 0 Å². The van der Waals surface area contributed by atoms with Gasteiger partial charge in [0.15, 0.2) is 28.7 Å². The number of benzene rings is 2. The maximum absolute atomic E-state index is 13.5. The lowest BCUT2D eigenvalue weighted by Gasteiger charge is -2.14. The molecule has 4 aromatic rings. The van der Waals surface area contributed by atoms with Gasteiger partial charge in [0.1, 0.15) is 17.1 Å². The van der Waals surface area contributed by atoms with Crippen LogP contribution in [0.25, 0.3) is 28.2 Å². The van der Waals surface area contributed by atoms with Gasteiger partial charge in [0.25, 0.3) is 5.91 Å². The molecule has 0 saturated heterocycles. The molecule has 2 aromatic carbocycles. The van der Waals surface area contributed by atoms with Gasteiger partial charge in [-0.05, 0) is 30.3 Å². The van der Waals surface area contributed by atoms with Crippen LogP contribution in [-0.4, -0.2) is 46.3 Å². The van der Waals surface area contributed by atoms with Crippen LogP contribution in [0.3, 0.4) is 0 Å². The Balaban J connectivity index is 2.11. The van der Waals surface area contributed by atoms with Crippen molar-refractivity contribution in [1.29, 1.82) is 0 Å². The van der Waals surface area contributed by atoms with Crippen LogP contribution < -0.4 is 25.6 Å². The number of methoxy groups -OCH3 is 3. The molecule has 33 heavy (non-hydrogen) atoms. The third-order valence-electron chi connectivity index (χ3n) is 5.16. The molecule has 170 valence electrons. The molecule has 2 aromatic heterocycles. The summed E-state index contributed by atoms with van der Waals surface area (Å²) in [5, 5.41) is 0. The SMILES string of the molecule is COc1cc(OC)c(-c2nc(C(N)=O)c3c(n2)n(-c2ccc(F)cc2)c(=O)n3C)cc1OC. The molecular weight excluding hydrogens is 433 g/mol. The summed E-state index contributed by atoms with van der Waals surface area (Å²) in [5.74, 6) is -0.117. The average molecular weight is 453 g/mol. The van der Waals surface area contributed by atoms with Crippen LogP contribution in [0.4, 0.5) is 4.39 Å². The van der Waals surface area contributed by atoms with Crippen LogP contribution in [0.1, 0.15) is 10.5 Å². The number of hydrogen-bond donors (Lipinski definition) is 1. The van der Waals surface area contributed by atoms with Crippen molar-refractivity contribution >= 4 is 17.1 Å². The normalized spacial score (nSPS) is 10.9. The smallest absolute Gasteiger partial charge is 0.334 e. The molecule has 1 amide bonds. The number of ether oxygens (including phenoxy) is 3. The number of aromatic nitrogens is 4. The summed E-state index contributed by atoms with van der Waals surface area (Å²) < 4.78 is 32.1. The van der Waals surface area contributed by atoms with E-state index < -0.39 is 17.4 Å². The minimum absolute atomic E-state index is 0.0653. The van der Waals surface area contributed by atoms with Crippen LogP contribution in [-0.2, 0) is 7.05 Å². The van der Waals surface area contributed by atoms with Gasteiger partial charge in [-0.1, -0.05) is 0 Å². The third kappa shape index (κ3) is 3.53. The number of carbonyl (C=O) groups is 1. The highest BCUT2D eigenvalue weighted by Gasteiger charge is 2.24. The maximum Gasteiger partial charge on any atom is 0.334 e. The number of hydrogen-bond acceptors (Lipinski definition) is 7. The summed E-state index contributed by atoms with van der Waals surface area (Å²) in [5.41, 5.74) is 5.92. The molecule has 0 aliphatic rings. The fourth-order valence-corrected chi connectivity index (χ4v) is 3.56. The molecule has 0 spiro atoms. The van der Waals surface area contributed by atoms with E-state index in [1.165, 1.54) is 61.8 Å². The minimum atomic E-state index is -0.852. The number of amides is 1. The lowest BCUT2D eigenvalue weighted by atomic mass is 10.1. The first-order valence-electron chi connectivity index (χ1n) is 9.66. The second kappa shape index (κ2) is 8.26. The molecular formula is C22H20FN5O5. The van der Waals surface area contributed by atoms with Crippen LogP contribution in [0.5, 0.6) is 17.2 Å². The van der Waals surface area contributed by atoms with Gasteiger partial charge in [0, 0.05) is 13.1 Å². The van der Waals surface area contributed by atoms with Crippen LogP contribution >= 0.6 is 0 Å². The van der Waals surface area contributed by atoms with E-state index in [4.69, 9.17) is 19.9 Å². The highest BCUT2D eigenvalue weighted by molar-refractivity contribution is 6.02. The Labute approximate surface area is 187 Å². The monoisotopic (exact) mass is 453 g/mol. The van der Waals surface area contributed by atoms with Crippen LogP contribution in [0.2, 0.25) is 0 Å². The van der Waals surface area contributed by atoms with Gasteiger partial charge >= 0.3 is 5.69 Å². The van der Waals surface area contributed by atoms with Gasteiger partial charge in [-0.3, -0.25) is 9.36 Å². The fourth-order valence-electron chi connectivity index (χ4n) is 3.56. The molecule has 0 aliphatic heterocycles. The van der Waals surface area contributed by atoms with Gasteiger partial charge in [-0.2, -0.15) is 0 Å². The predicted molar refractivity (Wildman–Crippen MR) is 118 cm³/mol. The summed E-state index contributed by atoms with van der Waals surface area (Å²) >= 11 is 0. The van der Waals surface area contributed by atoms with Crippen molar-refractivity contribution < 1.29 is 23.4 Å². The molecule has 0 unspecified atom stereocenters. The molecule has 0 saturated carbocycles. The quantitative estimate of drug-likeness (QED) is 0.474. The Hall–Kier alpha value is -4.41. The van der Waals surface area contributed by atoms with E-state index in [1.807, 2.05) is 0 Å². The van der Waals surface area contributed by atoms with E-state index in [-0.39, 0.29) is 22.7 Å². The lowest BCUT2D eigenvalue weighted by molar-refractivity contribution is 0.0997. The molecule has 2 N–H and O–H groups in total. The van der Waals surface area contributed by atoms with Crippen molar-refractivity contribution in [2.24, 2.45) is 12.8 Å². The summed E-state index contributed by atoms with van der Waals surface area (Å²) in [7, 11) is 5.87. The fraction of sp³-hybridized carbons (Fsp3) is 0.182. The Bertz CT molecular complexity index is 1440. The zero-order chi connectivity index (χ0) is 23.9. The number of fused-ring (bicyclic) bond motifs is 1. The number of rotatable bonds is 6. The van der Waals surface area contributed by atoms with Crippen molar-refractivity contribution in [3.63, 3.8) is 0 Å². The van der Waals surface area contributed by atoms with Crippen LogP contribution in [0, 0.1) is 5.82 Å². The van der Waals surface area contributed by atoms with E-state index in [9.17, 15) is 14.0 Å². The Morgan fingerprint density at radius 2 is 1.58 bits per heavy atom. The Morgan fingerprint density at radius 3 is 2.15 bits per heavy atom. The minimum Gasteiger partial charge on any atom is -0.496 e. The summed E-state index contributed by atoms with van der Waals surface area (Å²) in [6.45, 7) is 0. The Kier molecular flexibility index (Phi) is 5.46. The molecule has 10 nitrogen and oxygen atoms in total. The number of imidazole rings is 1. The highest BCUT2D eigenvalue weighted by atomic mass is 19.1. The summed E-state index contributed by atoms with van der Waals surface area (Å²) in [6, 6.07) is 8.47. The maximum atomic E-state index is 13.5. The standard InChI is InChI=1S/C22H20FN5O5/c1-27-18-17(19(24)29)25-20(13-9-15(32-3)16(33-4)10-14(13)31-2)26-21(18)28(22(27)30)12-7-5-11(23)6-8-12/h5-10H,1-4H3,(H2,24,29). The molecule has 0 aliphatic carbocycles. The van der Waals surface area contributed by atoms with Gasteiger partial charge in [-0.15, -0.1) is 0 Å². The second-order valence-electron chi connectivity index (χ2n) is 6.99. The van der Waals surface area contributed by atoms with Crippen LogP contribution in [0.15, 0.2) is 41.2 Å². The first kappa shape index (κ1) is 21.8. The summed E-state index contributed by atoms with van der Waals surface area (Å²) in [6.07, 6.45) is 0. The number of primary amides is 1. The molecule has 0 radical (unpaired) electrons. The molecule has 0 atom stereocenters. The van der Waals surface area contributed by atoms with Crippen molar-refractivity contribution in [1.82, 2.24) is 19.1 Å². The first-order chi connectivity index (χ1) is 15.8. The highest BCUT2D eigenvalue weighted by Crippen LogP contribution is 2.39. The Morgan fingerprint density at radius 1 is 0.970 bits per heavy atom. The molecule has 4 rings (SSSR count). The zero-order valence-corrected chi connectivity index (χ0v) is 18.2. The van der Waals surface area contributed by atoms with E-state index in [2.05, 4.69) is 9.97 Å². The van der Waals surface area contributed by atoms with Crippen molar-refractivity contribution in [2.75, 3.05) is 21.3 Å². The van der Waals surface area contributed by atoms with Crippen molar-refractivity contribution in [3.8, 4) is 34.3 Å². The summed E-state index contributed by atoms with van der Waals surface area (Å²) in [4.78, 5) is 34.3. The average Bonchev–Trinajstić information content (AvgIpc) is 3.07. The van der Waals surface area contributed by atoms with E-state index in [0.717, 1.165) is 0 Å². The number of nitrogens with zero attached hydrogens (tertiary/aromatic N) is 4. The van der Waals surface area contributed by atoms with Crippen molar-refractivity contribution in [2.45, 2.75) is 0 Å². The zero-order valence-electron chi connectivity index (χ0n) is 18.2. The third-order valence-corrected chi connectivity index (χ3v) is 5.16. The van der Waals surface area contributed by atoms with E-state index in [1.54, 1.807) is 12.1 Å². The number of carbonyl (C=O) groups excluding carboxylic acids is 1. The molecule has 11 heteroatoms. The second-order valence-corrected chi connectivity index (χ2v) is 6.99.